The summed E-state index contributed by atoms with van der Waals surface area (Å²) in [7, 11) is 0. The van der Waals surface area contributed by atoms with Crippen LogP contribution in [0.2, 0.25) is 0 Å². The predicted octanol–water partition coefficient (Wildman–Crippen LogP) is 3.99. The highest BCUT2D eigenvalue weighted by molar-refractivity contribution is 5.95. The highest BCUT2D eigenvalue weighted by Crippen LogP contribution is 2.22. The maximum absolute atomic E-state index is 12.3. The number of hydrogen-bond donors (Lipinski definition) is 0. The summed E-state index contributed by atoms with van der Waals surface area (Å²) in [4.78, 5) is 14.2. The van der Waals surface area contributed by atoms with Crippen molar-refractivity contribution in [2.45, 2.75) is 47.0 Å². The molecule has 1 aromatic carbocycles. The fraction of sp³-hybridized carbons (Fsp3) is 0.562. The Morgan fingerprint density at radius 1 is 1.22 bits per heavy atom. The minimum atomic E-state index is 0.146. The number of nitrogens with zero attached hydrogens (tertiary/aromatic N) is 1. The number of hydrogen-bond acceptors (Lipinski definition) is 1. The fourth-order valence-corrected chi connectivity index (χ4v) is 2.15. The van der Waals surface area contributed by atoms with E-state index < -0.39 is 0 Å². The maximum atomic E-state index is 12.3. The van der Waals surface area contributed by atoms with Crippen molar-refractivity contribution in [1.29, 1.82) is 0 Å². The first-order valence-electron chi connectivity index (χ1n) is 6.94. The molecule has 0 heterocycles. The van der Waals surface area contributed by atoms with Crippen LogP contribution in [0.1, 0.15) is 61.5 Å². The minimum absolute atomic E-state index is 0.146. The van der Waals surface area contributed by atoms with E-state index in [1.165, 1.54) is 5.56 Å². The lowest BCUT2D eigenvalue weighted by Gasteiger charge is -2.20. The van der Waals surface area contributed by atoms with Crippen LogP contribution < -0.4 is 0 Å². The van der Waals surface area contributed by atoms with Gasteiger partial charge in [-0.2, -0.15) is 0 Å². The van der Waals surface area contributed by atoms with Crippen LogP contribution in [-0.2, 0) is 0 Å². The molecule has 1 aromatic rings. The van der Waals surface area contributed by atoms with Crippen molar-refractivity contribution in [2.24, 2.45) is 0 Å². The smallest absolute Gasteiger partial charge is 0.254 e. The van der Waals surface area contributed by atoms with Crippen LogP contribution in [-0.4, -0.2) is 23.9 Å². The molecule has 0 radical (unpaired) electrons. The Balaban J connectivity index is 3.02. The van der Waals surface area contributed by atoms with Crippen LogP contribution in [0.15, 0.2) is 18.2 Å². The molecule has 1 unspecified atom stereocenters. The van der Waals surface area contributed by atoms with Gasteiger partial charge in [0.2, 0.25) is 0 Å². The van der Waals surface area contributed by atoms with Crippen LogP contribution in [0.25, 0.3) is 0 Å². The Hall–Kier alpha value is -1.31. The lowest BCUT2D eigenvalue weighted by molar-refractivity contribution is 0.0772. The molecule has 0 aliphatic heterocycles. The SMILES string of the molecule is CCC(C)c1ccc(C(=O)N(CC)CC)c(C)c1. The van der Waals surface area contributed by atoms with Gasteiger partial charge in [-0.1, -0.05) is 26.0 Å². The molecule has 0 N–H and O–H groups in total. The molecular weight excluding hydrogens is 222 g/mol. The van der Waals surface area contributed by atoms with Gasteiger partial charge in [-0.25, -0.2) is 0 Å². The van der Waals surface area contributed by atoms with Gasteiger partial charge in [0.1, 0.15) is 0 Å². The van der Waals surface area contributed by atoms with Crippen LogP contribution in [0.4, 0.5) is 0 Å². The molecular formula is C16H25NO. The molecule has 1 amide bonds. The average molecular weight is 247 g/mol. The number of rotatable bonds is 5. The number of carbonyl (C=O) groups excluding carboxylic acids is 1. The normalized spacial score (nSPS) is 12.3. The molecule has 1 rings (SSSR count). The predicted molar refractivity (Wildman–Crippen MR) is 77.1 cm³/mol. The number of amides is 1. The van der Waals surface area contributed by atoms with Gasteiger partial charge in [-0.15, -0.1) is 0 Å². The van der Waals surface area contributed by atoms with E-state index in [1.807, 2.05) is 31.7 Å². The zero-order chi connectivity index (χ0) is 13.7. The molecule has 100 valence electrons. The number of benzene rings is 1. The van der Waals surface area contributed by atoms with E-state index in [0.717, 1.165) is 30.6 Å². The first-order valence-corrected chi connectivity index (χ1v) is 6.94. The Kier molecular flexibility index (Phi) is 5.39. The van der Waals surface area contributed by atoms with Crippen molar-refractivity contribution in [1.82, 2.24) is 4.90 Å². The molecule has 0 aliphatic carbocycles. The highest BCUT2D eigenvalue weighted by atomic mass is 16.2. The molecule has 2 nitrogen and oxygen atoms in total. The van der Waals surface area contributed by atoms with Crippen molar-refractivity contribution in [3.63, 3.8) is 0 Å². The summed E-state index contributed by atoms with van der Waals surface area (Å²) >= 11 is 0. The van der Waals surface area contributed by atoms with Crippen LogP contribution in [0.5, 0.6) is 0 Å². The van der Waals surface area contributed by atoms with Crippen LogP contribution in [0, 0.1) is 6.92 Å². The maximum Gasteiger partial charge on any atom is 0.254 e. The summed E-state index contributed by atoms with van der Waals surface area (Å²) in [6, 6.07) is 6.24. The summed E-state index contributed by atoms with van der Waals surface area (Å²) in [5.41, 5.74) is 3.25. The summed E-state index contributed by atoms with van der Waals surface area (Å²) < 4.78 is 0. The first-order chi connectivity index (χ1) is 8.54. The van der Waals surface area contributed by atoms with Crippen LogP contribution in [0.3, 0.4) is 0 Å². The highest BCUT2D eigenvalue weighted by Gasteiger charge is 2.15. The zero-order valence-electron chi connectivity index (χ0n) is 12.3. The largest absolute Gasteiger partial charge is 0.339 e. The Bertz CT molecular complexity index is 408. The van der Waals surface area contributed by atoms with Gasteiger partial charge in [0, 0.05) is 18.7 Å². The monoisotopic (exact) mass is 247 g/mol. The van der Waals surface area contributed by atoms with Gasteiger partial charge in [0.05, 0.1) is 0 Å². The van der Waals surface area contributed by atoms with Crippen molar-refractivity contribution < 1.29 is 4.79 Å². The molecule has 1 atom stereocenters. The van der Waals surface area contributed by atoms with Gasteiger partial charge in [0.15, 0.2) is 0 Å². The first kappa shape index (κ1) is 14.7. The topological polar surface area (TPSA) is 20.3 Å². The molecule has 18 heavy (non-hydrogen) atoms. The van der Waals surface area contributed by atoms with Gasteiger partial charge in [-0.05, 0) is 50.3 Å². The fourth-order valence-electron chi connectivity index (χ4n) is 2.15. The summed E-state index contributed by atoms with van der Waals surface area (Å²) in [6.07, 6.45) is 1.13. The number of carbonyl (C=O) groups is 1. The molecule has 0 saturated heterocycles. The van der Waals surface area contributed by atoms with E-state index in [0.29, 0.717) is 5.92 Å². The number of aryl methyl sites for hydroxylation is 1. The van der Waals surface area contributed by atoms with E-state index in [4.69, 9.17) is 0 Å². The van der Waals surface area contributed by atoms with Gasteiger partial charge in [-0.3, -0.25) is 4.79 Å². The van der Waals surface area contributed by atoms with Crippen molar-refractivity contribution >= 4 is 5.91 Å². The molecule has 2 heteroatoms. The molecule has 0 aromatic heterocycles. The third-order valence-corrected chi connectivity index (χ3v) is 3.71. The van der Waals surface area contributed by atoms with Crippen molar-refractivity contribution in [2.75, 3.05) is 13.1 Å². The van der Waals surface area contributed by atoms with Gasteiger partial charge < -0.3 is 4.90 Å². The quantitative estimate of drug-likeness (QED) is 0.770. The second kappa shape index (κ2) is 6.58. The van der Waals surface area contributed by atoms with Gasteiger partial charge in [0.25, 0.3) is 5.91 Å². The van der Waals surface area contributed by atoms with E-state index in [1.54, 1.807) is 0 Å². The Morgan fingerprint density at radius 3 is 2.28 bits per heavy atom. The van der Waals surface area contributed by atoms with E-state index >= 15 is 0 Å². The summed E-state index contributed by atoms with van der Waals surface area (Å²) in [5, 5.41) is 0. The second-order valence-electron chi connectivity index (χ2n) is 4.86. The Morgan fingerprint density at radius 2 is 1.83 bits per heavy atom. The summed E-state index contributed by atoms with van der Waals surface area (Å²) in [5.74, 6) is 0.703. The average Bonchev–Trinajstić information content (AvgIpc) is 2.38. The minimum Gasteiger partial charge on any atom is -0.339 e. The van der Waals surface area contributed by atoms with Gasteiger partial charge >= 0.3 is 0 Å². The van der Waals surface area contributed by atoms with Crippen LogP contribution >= 0.6 is 0 Å². The standard InChI is InChI=1S/C16H25NO/c1-6-12(4)14-9-10-15(13(5)11-14)16(18)17(7-2)8-3/h9-12H,6-8H2,1-5H3. The van der Waals surface area contributed by atoms with Crippen molar-refractivity contribution in [3.8, 4) is 0 Å². The van der Waals surface area contributed by atoms with E-state index in [2.05, 4.69) is 26.0 Å². The zero-order valence-corrected chi connectivity index (χ0v) is 12.3. The third kappa shape index (κ3) is 3.12. The summed E-state index contributed by atoms with van der Waals surface area (Å²) in [6.45, 7) is 12.0. The molecule has 0 bridgehead atoms. The Labute approximate surface area is 111 Å². The second-order valence-corrected chi connectivity index (χ2v) is 4.86. The lowest BCUT2D eigenvalue weighted by atomic mass is 9.94. The molecule has 0 fully saturated rings. The van der Waals surface area contributed by atoms with E-state index in [9.17, 15) is 4.79 Å². The van der Waals surface area contributed by atoms with E-state index in [-0.39, 0.29) is 5.91 Å². The van der Waals surface area contributed by atoms with Crippen molar-refractivity contribution in [3.05, 3.63) is 34.9 Å². The molecule has 0 spiro atoms. The lowest BCUT2D eigenvalue weighted by Crippen LogP contribution is -2.31. The molecule has 0 aliphatic rings. The third-order valence-electron chi connectivity index (χ3n) is 3.71. The molecule has 0 saturated carbocycles.